The van der Waals surface area contributed by atoms with E-state index in [0.717, 1.165) is 60.0 Å². The number of nitrogens with one attached hydrogen (secondary N) is 1. The standard InChI is InChI=1S/C24H25N5O2S/c1-17(25-11-12-28-13-15-31-16-14-28)21-22(18-7-3-2-4-8-18)27-29(23(21)30)24-26-19-9-5-6-10-20(19)32-24/h2-10,27H,11-16H2,1H3. The number of morpholine rings is 1. The molecule has 2 aromatic carbocycles. The molecule has 0 saturated carbocycles. The number of nitrogens with zero attached hydrogens (tertiary/aromatic N) is 4. The third kappa shape index (κ3) is 4.17. The van der Waals surface area contributed by atoms with Gasteiger partial charge in [0, 0.05) is 30.9 Å². The first-order valence-electron chi connectivity index (χ1n) is 10.8. The Balaban J connectivity index is 1.52. The molecule has 0 spiro atoms. The zero-order chi connectivity index (χ0) is 21.9. The number of thiazole rings is 1. The number of aliphatic imine (C=N–C) groups is 1. The van der Waals surface area contributed by atoms with Gasteiger partial charge in [-0.05, 0) is 19.1 Å². The molecule has 5 rings (SSSR count). The highest BCUT2D eigenvalue weighted by molar-refractivity contribution is 7.20. The molecule has 1 aliphatic rings. The van der Waals surface area contributed by atoms with E-state index in [4.69, 9.17) is 9.73 Å². The first kappa shape index (κ1) is 20.8. The number of aromatic nitrogens is 3. The summed E-state index contributed by atoms with van der Waals surface area (Å²) in [5, 5.41) is 3.93. The van der Waals surface area contributed by atoms with E-state index in [1.807, 2.05) is 61.5 Å². The predicted octanol–water partition coefficient (Wildman–Crippen LogP) is 3.58. The topological polar surface area (TPSA) is 75.5 Å². The Morgan fingerprint density at radius 2 is 1.88 bits per heavy atom. The van der Waals surface area contributed by atoms with Crippen LogP contribution in [0, 0.1) is 0 Å². The number of H-pyrrole nitrogens is 1. The summed E-state index contributed by atoms with van der Waals surface area (Å²) in [6.07, 6.45) is 0. The molecule has 164 valence electrons. The van der Waals surface area contributed by atoms with Gasteiger partial charge in [-0.3, -0.25) is 19.8 Å². The van der Waals surface area contributed by atoms with Gasteiger partial charge < -0.3 is 4.74 Å². The maximum absolute atomic E-state index is 13.5. The van der Waals surface area contributed by atoms with Crippen LogP contribution in [0.1, 0.15) is 12.5 Å². The number of hydrogen-bond donors (Lipinski definition) is 1. The van der Waals surface area contributed by atoms with Crippen LogP contribution in [-0.2, 0) is 4.74 Å². The predicted molar refractivity (Wildman–Crippen MR) is 129 cm³/mol. The van der Waals surface area contributed by atoms with Gasteiger partial charge in [-0.15, -0.1) is 0 Å². The van der Waals surface area contributed by atoms with Crippen molar-refractivity contribution in [2.24, 2.45) is 4.99 Å². The lowest BCUT2D eigenvalue weighted by Crippen LogP contribution is -2.37. The summed E-state index contributed by atoms with van der Waals surface area (Å²) < 4.78 is 8.00. The largest absolute Gasteiger partial charge is 0.379 e. The van der Waals surface area contributed by atoms with Gasteiger partial charge >= 0.3 is 0 Å². The van der Waals surface area contributed by atoms with Crippen molar-refractivity contribution in [2.45, 2.75) is 6.92 Å². The van der Waals surface area contributed by atoms with Gasteiger partial charge in [-0.1, -0.05) is 53.8 Å². The lowest BCUT2D eigenvalue weighted by Gasteiger charge is -2.25. The van der Waals surface area contributed by atoms with E-state index in [2.05, 4.69) is 15.0 Å². The minimum Gasteiger partial charge on any atom is -0.379 e. The molecule has 0 radical (unpaired) electrons. The van der Waals surface area contributed by atoms with Crippen molar-refractivity contribution >= 4 is 27.3 Å². The number of para-hydroxylation sites is 1. The fraction of sp³-hybridized carbons (Fsp3) is 0.292. The molecule has 0 bridgehead atoms. The van der Waals surface area contributed by atoms with Crippen LogP contribution >= 0.6 is 11.3 Å². The van der Waals surface area contributed by atoms with Crippen LogP contribution in [0.25, 0.3) is 26.6 Å². The van der Waals surface area contributed by atoms with E-state index in [0.29, 0.717) is 17.2 Å². The fourth-order valence-electron chi connectivity index (χ4n) is 3.94. The number of benzene rings is 2. The van der Waals surface area contributed by atoms with Gasteiger partial charge in [0.1, 0.15) is 0 Å². The Kier molecular flexibility index (Phi) is 5.98. The van der Waals surface area contributed by atoms with Gasteiger partial charge in [0.25, 0.3) is 5.56 Å². The summed E-state index contributed by atoms with van der Waals surface area (Å²) in [5.74, 6) is 0. The van der Waals surface area contributed by atoms with Crippen molar-refractivity contribution < 1.29 is 4.74 Å². The Hall–Kier alpha value is -3.07. The van der Waals surface area contributed by atoms with Gasteiger partial charge in [-0.25, -0.2) is 4.98 Å². The summed E-state index contributed by atoms with van der Waals surface area (Å²) in [7, 11) is 0. The second-order valence-electron chi connectivity index (χ2n) is 7.75. The Morgan fingerprint density at radius 3 is 2.66 bits per heavy atom. The Bertz CT molecular complexity index is 1270. The van der Waals surface area contributed by atoms with Crippen molar-refractivity contribution in [1.82, 2.24) is 19.7 Å². The lowest BCUT2D eigenvalue weighted by molar-refractivity contribution is 0.0394. The minimum absolute atomic E-state index is 0.129. The Labute approximate surface area is 190 Å². The monoisotopic (exact) mass is 447 g/mol. The second kappa shape index (κ2) is 9.20. The average Bonchev–Trinajstić information content (AvgIpc) is 3.41. The minimum atomic E-state index is -0.129. The molecule has 4 aromatic rings. The molecule has 1 fully saturated rings. The molecular weight excluding hydrogens is 422 g/mol. The zero-order valence-corrected chi connectivity index (χ0v) is 18.8. The van der Waals surface area contributed by atoms with Gasteiger partial charge in [0.15, 0.2) is 0 Å². The highest BCUT2D eigenvalue weighted by Crippen LogP contribution is 2.26. The first-order valence-corrected chi connectivity index (χ1v) is 11.6. The molecule has 32 heavy (non-hydrogen) atoms. The number of aromatic amines is 1. The van der Waals surface area contributed by atoms with E-state index in [1.165, 1.54) is 11.3 Å². The van der Waals surface area contributed by atoms with Crippen molar-refractivity contribution in [2.75, 3.05) is 39.4 Å². The van der Waals surface area contributed by atoms with Gasteiger partial charge in [-0.2, -0.15) is 4.68 Å². The summed E-state index contributed by atoms with van der Waals surface area (Å²) in [4.78, 5) is 25.3. The molecule has 0 unspecified atom stereocenters. The van der Waals surface area contributed by atoms with Gasteiger partial charge in [0.05, 0.1) is 41.2 Å². The highest BCUT2D eigenvalue weighted by atomic mass is 32.1. The summed E-state index contributed by atoms with van der Waals surface area (Å²) in [5.41, 5.74) is 3.79. The molecule has 1 N–H and O–H groups in total. The van der Waals surface area contributed by atoms with E-state index in [1.54, 1.807) is 4.68 Å². The van der Waals surface area contributed by atoms with Crippen LogP contribution < -0.4 is 5.56 Å². The third-order valence-corrected chi connectivity index (χ3v) is 6.68. The van der Waals surface area contributed by atoms with Crippen molar-refractivity contribution in [3.05, 3.63) is 70.5 Å². The molecule has 8 heteroatoms. The molecule has 0 aliphatic carbocycles. The molecular formula is C24H25N5O2S. The maximum Gasteiger partial charge on any atom is 0.283 e. The molecule has 3 heterocycles. The third-order valence-electron chi connectivity index (χ3n) is 5.66. The van der Waals surface area contributed by atoms with Crippen LogP contribution in [-0.4, -0.2) is 64.8 Å². The molecule has 0 amide bonds. The van der Waals surface area contributed by atoms with Gasteiger partial charge in [0.2, 0.25) is 5.13 Å². The Morgan fingerprint density at radius 1 is 1.12 bits per heavy atom. The summed E-state index contributed by atoms with van der Waals surface area (Å²) in [6, 6.07) is 17.8. The highest BCUT2D eigenvalue weighted by Gasteiger charge is 2.21. The van der Waals surface area contributed by atoms with Crippen LogP contribution in [0.4, 0.5) is 0 Å². The van der Waals surface area contributed by atoms with Crippen molar-refractivity contribution in [3.8, 4) is 16.4 Å². The average molecular weight is 448 g/mol. The van der Waals surface area contributed by atoms with E-state index < -0.39 is 0 Å². The molecule has 0 atom stereocenters. The lowest BCUT2D eigenvalue weighted by atomic mass is 10.1. The number of ether oxygens (including phenoxy) is 1. The number of rotatable bonds is 6. The number of hydrogen-bond acceptors (Lipinski definition) is 6. The fourth-order valence-corrected chi connectivity index (χ4v) is 4.87. The SMILES string of the molecule is CC(=NCCN1CCOCC1)c1c(-c2ccccc2)[nH]n(-c2nc3ccccc3s2)c1=O. The second-order valence-corrected chi connectivity index (χ2v) is 8.76. The normalized spacial score (nSPS) is 15.5. The first-order chi connectivity index (χ1) is 15.7. The molecule has 2 aromatic heterocycles. The number of fused-ring (bicyclic) bond motifs is 1. The van der Waals surface area contributed by atoms with Crippen LogP contribution in [0.3, 0.4) is 0 Å². The molecule has 1 aliphatic heterocycles. The van der Waals surface area contributed by atoms with E-state index >= 15 is 0 Å². The summed E-state index contributed by atoms with van der Waals surface area (Å²) in [6.45, 7) is 6.82. The maximum atomic E-state index is 13.5. The quantitative estimate of drug-likeness (QED) is 0.459. The summed E-state index contributed by atoms with van der Waals surface area (Å²) >= 11 is 1.49. The van der Waals surface area contributed by atoms with Crippen molar-refractivity contribution in [1.29, 1.82) is 0 Å². The van der Waals surface area contributed by atoms with Crippen LogP contribution in [0.5, 0.6) is 0 Å². The zero-order valence-electron chi connectivity index (χ0n) is 18.0. The molecule has 7 nitrogen and oxygen atoms in total. The van der Waals surface area contributed by atoms with E-state index in [9.17, 15) is 4.79 Å². The smallest absolute Gasteiger partial charge is 0.283 e. The van der Waals surface area contributed by atoms with Crippen molar-refractivity contribution in [3.63, 3.8) is 0 Å². The van der Waals surface area contributed by atoms with E-state index in [-0.39, 0.29) is 5.56 Å². The van der Waals surface area contributed by atoms with Crippen LogP contribution in [0.15, 0.2) is 64.4 Å². The molecule has 1 saturated heterocycles. The van der Waals surface area contributed by atoms with Crippen LogP contribution in [0.2, 0.25) is 0 Å².